The largest absolute Gasteiger partial charge is 0.455 e. The molecule has 2 aliphatic rings. The van der Waals surface area contributed by atoms with E-state index in [1.165, 1.54) is 93.6 Å². The van der Waals surface area contributed by atoms with E-state index in [0.29, 0.717) is 5.92 Å². The molecule has 0 spiro atoms. The van der Waals surface area contributed by atoms with Gasteiger partial charge in [0.2, 0.25) is 5.69 Å². The molecule has 0 atom stereocenters. The van der Waals surface area contributed by atoms with E-state index in [1.54, 1.807) is 0 Å². The summed E-state index contributed by atoms with van der Waals surface area (Å²) in [4.78, 5) is 0. The number of furan rings is 1. The Morgan fingerprint density at radius 2 is 1.58 bits per heavy atom. The number of aryl methyl sites for hydroxylation is 2. The van der Waals surface area contributed by atoms with E-state index in [1.807, 2.05) is 0 Å². The van der Waals surface area contributed by atoms with E-state index < -0.39 is 0 Å². The van der Waals surface area contributed by atoms with Crippen LogP contribution in [0.5, 0.6) is 0 Å². The van der Waals surface area contributed by atoms with E-state index in [0.717, 1.165) is 11.2 Å². The quantitative estimate of drug-likeness (QED) is 0.220. The summed E-state index contributed by atoms with van der Waals surface area (Å²) in [5, 5.41) is 5.11. The Morgan fingerprint density at radius 1 is 0.816 bits per heavy atom. The molecule has 0 saturated heterocycles. The van der Waals surface area contributed by atoms with Crippen LogP contribution in [0.1, 0.15) is 94.4 Å². The van der Waals surface area contributed by atoms with Crippen LogP contribution < -0.4 is 4.57 Å². The van der Waals surface area contributed by atoms with Crippen LogP contribution in [0, 0.1) is 6.92 Å². The zero-order valence-corrected chi connectivity index (χ0v) is 23.9. The van der Waals surface area contributed by atoms with Gasteiger partial charge < -0.3 is 4.42 Å². The van der Waals surface area contributed by atoms with Gasteiger partial charge in [-0.1, -0.05) is 64.8 Å². The predicted octanol–water partition coefficient (Wildman–Crippen LogP) is 9.55. The molecular formula is C36H40NO+. The molecule has 38 heavy (non-hydrogen) atoms. The Kier molecular flexibility index (Phi) is 5.16. The number of hydrogen-bond donors (Lipinski definition) is 0. The average molecular weight is 503 g/mol. The van der Waals surface area contributed by atoms with Gasteiger partial charge in [-0.15, -0.1) is 0 Å². The monoisotopic (exact) mass is 502 g/mol. The van der Waals surface area contributed by atoms with Crippen LogP contribution in [0.15, 0.2) is 59.1 Å². The van der Waals surface area contributed by atoms with Gasteiger partial charge in [-0.3, -0.25) is 0 Å². The predicted molar refractivity (Wildman–Crippen MR) is 159 cm³/mol. The zero-order valence-electron chi connectivity index (χ0n) is 23.9. The van der Waals surface area contributed by atoms with Gasteiger partial charge in [0.1, 0.15) is 18.2 Å². The summed E-state index contributed by atoms with van der Waals surface area (Å²) in [5.41, 5.74) is 10.6. The maximum absolute atomic E-state index is 6.85. The second-order valence-electron chi connectivity index (χ2n) is 13.5. The fourth-order valence-corrected chi connectivity index (χ4v) is 7.60. The molecule has 1 saturated carbocycles. The van der Waals surface area contributed by atoms with E-state index in [2.05, 4.69) is 101 Å². The van der Waals surface area contributed by atoms with Crippen LogP contribution >= 0.6 is 0 Å². The van der Waals surface area contributed by atoms with Gasteiger partial charge in [-0.2, -0.15) is 0 Å². The highest BCUT2D eigenvalue weighted by molar-refractivity contribution is 6.14. The van der Waals surface area contributed by atoms with E-state index in [-0.39, 0.29) is 10.8 Å². The average Bonchev–Trinajstić information content (AvgIpc) is 3.54. The van der Waals surface area contributed by atoms with Crippen molar-refractivity contribution in [3.63, 3.8) is 0 Å². The summed E-state index contributed by atoms with van der Waals surface area (Å²) >= 11 is 0. The zero-order chi connectivity index (χ0) is 26.4. The topological polar surface area (TPSA) is 17.0 Å². The van der Waals surface area contributed by atoms with Crippen molar-refractivity contribution in [2.75, 3.05) is 0 Å². The van der Waals surface area contributed by atoms with Crippen LogP contribution in [0.2, 0.25) is 0 Å². The van der Waals surface area contributed by atoms with E-state index in [9.17, 15) is 0 Å². The highest BCUT2D eigenvalue weighted by Gasteiger charge is 2.38. The molecule has 3 aromatic carbocycles. The summed E-state index contributed by atoms with van der Waals surface area (Å²) in [7, 11) is 2.17. The summed E-state index contributed by atoms with van der Waals surface area (Å²) in [6.07, 6.45) is 10.0. The third-order valence-electron chi connectivity index (χ3n) is 10.0. The van der Waals surface area contributed by atoms with Crippen molar-refractivity contribution >= 4 is 32.7 Å². The minimum absolute atomic E-state index is 0.153. The van der Waals surface area contributed by atoms with Crippen molar-refractivity contribution in [1.29, 1.82) is 0 Å². The molecule has 5 aromatic rings. The van der Waals surface area contributed by atoms with Crippen LogP contribution in [0.25, 0.3) is 44.0 Å². The fourth-order valence-electron chi connectivity index (χ4n) is 7.60. The molecular weight excluding hydrogens is 462 g/mol. The van der Waals surface area contributed by atoms with Crippen molar-refractivity contribution in [2.45, 2.75) is 89.9 Å². The third-order valence-corrected chi connectivity index (χ3v) is 10.0. The first-order valence-corrected chi connectivity index (χ1v) is 14.6. The highest BCUT2D eigenvalue weighted by atomic mass is 16.3. The summed E-state index contributed by atoms with van der Waals surface area (Å²) in [6, 6.07) is 18.8. The number of benzene rings is 3. The van der Waals surface area contributed by atoms with Crippen molar-refractivity contribution in [3.05, 3.63) is 77.0 Å². The molecule has 0 amide bonds. The molecule has 2 heteroatoms. The molecule has 1 fully saturated rings. The minimum atomic E-state index is 0.153. The maximum Gasteiger partial charge on any atom is 0.216 e. The van der Waals surface area contributed by atoms with Crippen LogP contribution in [0.3, 0.4) is 0 Å². The van der Waals surface area contributed by atoms with Crippen molar-refractivity contribution < 1.29 is 8.98 Å². The standard InChI is InChI=1S/C36H40NO/c1-22-11-13-26-28-19-25-12-14-29-33(36(4,5)17-16-35(29,2)3)27(25)21-31(28)38-34(26)32(22)30-20-24(15-18-37(30)6)23-9-7-8-10-23/h11-15,18-21,23H,7-10,16-17H2,1-6H3/q+1. The molecule has 2 nitrogen and oxygen atoms in total. The first-order valence-electron chi connectivity index (χ1n) is 14.6. The van der Waals surface area contributed by atoms with Gasteiger partial charge in [-0.25, -0.2) is 4.57 Å². The number of nitrogens with zero attached hydrogens (tertiary/aromatic N) is 1. The molecule has 0 aliphatic heterocycles. The van der Waals surface area contributed by atoms with Gasteiger partial charge >= 0.3 is 0 Å². The number of rotatable bonds is 2. The molecule has 0 radical (unpaired) electrons. The minimum Gasteiger partial charge on any atom is -0.455 e. The van der Waals surface area contributed by atoms with Gasteiger partial charge in [0.05, 0.1) is 5.56 Å². The lowest BCUT2D eigenvalue weighted by Gasteiger charge is -2.42. The molecule has 0 bridgehead atoms. The molecule has 2 heterocycles. The second-order valence-corrected chi connectivity index (χ2v) is 13.5. The molecule has 0 unspecified atom stereocenters. The first kappa shape index (κ1) is 23.9. The summed E-state index contributed by atoms with van der Waals surface area (Å²) < 4.78 is 9.11. The van der Waals surface area contributed by atoms with Gasteiger partial charge in [0.25, 0.3) is 0 Å². The summed E-state index contributed by atoms with van der Waals surface area (Å²) in [6.45, 7) is 11.9. The van der Waals surface area contributed by atoms with Crippen LogP contribution in [-0.4, -0.2) is 0 Å². The summed E-state index contributed by atoms with van der Waals surface area (Å²) in [5.74, 6) is 0.689. The van der Waals surface area contributed by atoms with Gasteiger partial charge in [0, 0.05) is 22.9 Å². The van der Waals surface area contributed by atoms with Crippen molar-refractivity contribution in [1.82, 2.24) is 0 Å². The molecule has 2 aliphatic carbocycles. The first-order chi connectivity index (χ1) is 18.1. The maximum atomic E-state index is 6.85. The molecule has 7 rings (SSSR count). The van der Waals surface area contributed by atoms with Gasteiger partial charge in [-0.05, 0) is 94.5 Å². The Labute approximate surface area is 226 Å². The molecule has 0 N–H and O–H groups in total. The number of pyridine rings is 1. The highest BCUT2D eigenvalue weighted by Crippen LogP contribution is 2.49. The Balaban J connectivity index is 1.50. The smallest absolute Gasteiger partial charge is 0.216 e. The second kappa shape index (κ2) is 8.18. The third kappa shape index (κ3) is 3.49. The Bertz CT molecular complexity index is 1740. The molecule has 2 aromatic heterocycles. The Morgan fingerprint density at radius 3 is 2.37 bits per heavy atom. The normalized spacial score (nSPS) is 19.0. The fraction of sp³-hybridized carbons (Fsp3) is 0.417. The lowest BCUT2D eigenvalue weighted by atomic mass is 9.62. The number of fused-ring (bicyclic) bond motifs is 6. The van der Waals surface area contributed by atoms with Crippen LogP contribution in [0.4, 0.5) is 0 Å². The SMILES string of the molecule is Cc1ccc2c(oc3cc4c5c(ccc4cc32)C(C)(C)CCC5(C)C)c1-c1cc(C2CCCC2)cc[n+]1C. The van der Waals surface area contributed by atoms with Gasteiger partial charge in [0.15, 0.2) is 6.20 Å². The Hall–Kier alpha value is -3.13. The number of aromatic nitrogens is 1. The lowest BCUT2D eigenvalue weighted by molar-refractivity contribution is -0.660. The van der Waals surface area contributed by atoms with E-state index >= 15 is 0 Å². The van der Waals surface area contributed by atoms with Crippen molar-refractivity contribution in [2.24, 2.45) is 7.05 Å². The van der Waals surface area contributed by atoms with Crippen LogP contribution in [-0.2, 0) is 17.9 Å². The lowest BCUT2D eigenvalue weighted by Crippen LogP contribution is -2.34. The van der Waals surface area contributed by atoms with E-state index in [4.69, 9.17) is 4.42 Å². The molecule has 194 valence electrons. The van der Waals surface area contributed by atoms with Crippen molar-refractivity contribution in [3.8, 4) is 11.3 Å². The number of hydrogen-bond acceptors (Lipinski definition) is 1.